The van der Waals surface area contributed by atoms with E-state index in [9.17, 15) is 9.90 Å². The van der Waals surface area contributed by atoms with Gasteiger partial charge in [0.1, 0.15) is 0 Å². The molecule has 25 heavy (non-hydrogen) atoms. The molecule has 0 aliphatic carbocycles. The number of ether oxygens (including phenoxy) is 1. The Morgan fingerprint density at radius 3 is 2.64 bits per heavy atom. The van der Waals surface area contributed by atoms with Gasteiger partial charge in [0, 0.05) is 63.6 Å². The van der Waals surface area contributed by atoms with E-state index in [-0.39, 0.29) is 5.91 Å². The molecule has 0 unspecified atom stereocenters. The summed E-state index contributed by atoms with van der Waals surface area (Å²) in [5.74, 6) is 0.0562. The molecule has 1 atom stereocenters. The summed E-state index contributed by atoms with van der Waals surface area (Å²) in [5.41, 5.74) is 0.766. The van der Waals surface area contributed by atoms with Crippen LogP contribution in [-0.2, 0) is 9.53 Å². The van der Waals surface area contributed by atoms with Crippen molar-refractivity contribution in [1.82, 2.24) is 15.1 Å². The number of carbonyl (C=O) groups is 1. The van der Waals surface area contributed by atoms with Crippen LogP contribution in [0.4, 0.5) is 0 Å². The van der Waals surface area contributed by atoms with Gasteiger partial charge in [0.25, 0.3) is 0 Å². The number of hydrogen-bond acceptors (Lipinski definition) is 5. The maximum Gasteiger partial charge on any atom is 0.234 e. The van der Waals surface area contributed by atoms with Crippen LogP contribution < -0.4 is 5.32 Å². The van der Waals surface area contributed by atoms with E-state index in [1.54, 1.807) is 13.2 Å². The third kappa shape index (κ3) is 6.92. The Kier molecular flexibility index (Phi) is 8.64. The number of β-amino-alcohol motifs (C(OH)–C–C–N with tert-alkyl or cyclic N) is 1. The third-order valence-electron chi connectivity index (χ3n) is 4.37. The molecule has 7 heteroatoms. The van der Waals surface area contributed by atoms with E-state index in [0.717, 1.165) is 38.2 Å². The molecule has 2 rings (SSSR count). The van der Waals surface area contributed by atoms with Crippen molar-refractivity contribution in [2.75, 3.05) is 59.5 Å². The Hall–Kier alpha value is -1.18. The van der Waals surface area contributed by atoms with E-state index >= 15 is 0 Å². The zero-order chi connectivity index (χ0) is 18.1. The smallest absolute Gasteiger partial charge is 0.234 e. The second-order valence-corrected chi connectivity index (χ2v) is 6.72. The largest absolute Gasteiger partial charge is 0.387 e. The fourth-order valence-corrected chi connectivity index (χ4v) is 3.18. The lowest BCUT2D eigenvalue weighted by Gasteiger charge is -2.35. The molecule has 1 fully saturated rings. The Bertz CT molecular complexity index is 536. The van der Waals surface area contributed by atoms with Crippen molar-refractivity contribution < 1.29 is 14.6 Å². The van der Waals surface area contributed by atoms with Crippen molar-refractivity contribution in [2.24, 2.45) is 0 Å². The van der Waals surface area contributed by atoms with Gasteiger partial charge in [-0.2, -0.15) is 0 Å². The number of methoxy groups -OCH3 is 1. The number of aliphatic hydroxyl groups is 1. The lowest BCUT2D eigenvalue weighted by atomic mass is 10.1. The molecule has 1 aromatic carbocycles. The second-order valence-electron chi connectivity index (χ2n) is 6.31. The van der Waals surface area contributed by atoms with Gasteiger partial charge in [-0.1, -0.05) is 29.8 Å². The molecule has 1 amide bonds. The highest BCUT2D eigenvalue weighted by molar-refractivity contribution is 6.31. The fourth-order valence-electron chi connectivity index (χ4n) is 2.92. The van der Waals surface area contributed by atoms with Crippen molar-refractivity contribution in [1.29, 1.82) is 0 Å². The first-order valence-electron chi connectivity index (χ1n) is 8.73. The topological polar surface area (TPSA) is 65.0 Å². The van der Waals surface area contributed by atoms with E-state index in [2.05, 4.69) is 15.1 Å². The number of piperazine rings is 1. The summed E-state index contributed by atoms with van der Waals surface area (Å²) in [7, 11) is 1.66. The van der Waals surface area contributed by atoms with Crippen LogP contribution in [0.3, 0.4) is 0 Å². The first-order chi connectivity index (χ1) is 12.1. The summed E-state index contributed by atoms with van der Waals surface area (Å²) in [6.07, 6.45) is 0.236. The van der Waals surface area contributed by atoms with E-state index in [4.69, 9.17) is 16.3 Å². The first-order valence-corrected chi connectivity index (χ1v) is 9.10. The van der Waals surface area contributed by atoms with Crippen LogP contribution in [0.25, 0.3) is 0 Å². The minimum absolute atomic E-state index is 0.0562. The number of nitrogens with zero attached hydrogens (tertiary/aromatic N) is 2. The number of carbonyl (C=O) groups excluding carboxylic acids is 1. The lowest BCUT2D eigenvalue weighted by molar-refractivity contribution is -0.122. The standard InChI is InChI=1S/C18H28ClN3O3/c1-25-12-4-7-20-18(24)14-22-10-8-21(9-11-22)13-17(23)15-5-2-3-6-16(15)19/h2-3,5-6,17,23H,4,7-14H2,1H3,(H,20,24)/t17-/m1/s1. The van der Waals surface area contributed by atoms with Crippen LogP contribution in [0.15, 0.2) is 24.3 Å². The maximum absolute atomic E-state index is 11.9. The third-order valence-corrected chi connectivity index (χ3v) is 4.72. The highest BCUT2D eigenvalue weighted by Gasteiger charge is 2.22. The van der Waals surface area contributed by atoms with Crippen molar-refractivity contribution in [2.45, 2.75) is 12.5 Å². The molecule has 1 saturated heterocycles. The van der Waals surface area contributed by atoms with Crippen molar-refractivity contribution in [3.8, 4) is 0 Å². The molecular formula is C18H28ClN3O3. The summed E-state index contributed by atoms with van der Waals surface area (Å²) in [5, 5.41) is 13.9. The summed E-state index contributed by atoms with van der Waals surface area (Å²) in [6, 6.07) is 7.39. The predicted octanol–water partition coefficient (Wildman–Crippen LogP) is 1.14. The summed E-state index contributed by atoms with van der Waals surface area (Å²) in [6.45, 7) is 5.59. The number of halogens is 1. The van der Waals surface area contributed by atoms with Crippen LogP contribution >= 0.6 is 11.6 Å². The van der Waals surface area contributed by atoms with E-state index < -0.39 is 6.10 Å². The van der Waals surface area contributed by atoms with Crippen LogP contribution in [0.5, 0.6) is 0 Å². The molecular weight excluding hydrogens is 342 g/mol. The molecule has 1 heterocycles. The molecule has 0 spiro atoms. The maximum atomic E-state index is 11.9. The normalized spacial score (nSPS) is 17.4. The molecule has 140 valence electrons. The number of aliphatic hydroxyl groups excluding tert-OH is 1. The Balaban J connectivity index is 1.67. The highest BCUT2D eigenvalue weighted by Crippen LogP contribution is 2.23. The number of rotatable bonds is 9. The molecule has 1 aliphatic heterocycles. The van der Waals surface area contributed by atoms with E-state index in [0.29, 0.717) is 31.3 Å². The molecule has 0 saturated carbocycles. The van der Waals surface area contributed by atoms with E-state index in [1.165, 1.54) is 0 Å². The van der Waals surface area contributed by atoms with Gasteiger partial charge in [-0.15, -0.1) is 0 Å². The van der Waals surface area contributed by atoms with Gasteiger partial charge in [-0.05, 0) is 12.5 Å². The number of hydrogen-bond donors (Lipinski definition) is 2. The Labute approximate surface area is 154 Å². The van der Waals surface area contributed by atoms with Crippen LogP contribution in [0, 0.1) is 0 Å². The molecule has 1 aromatic rings. The molecule has 6 nitrogen and oxygen atoms in total. The van der Waals surface area contributed by atoms with Crippen molar-refractivity contribution >= 4 is 17.5 Å². The number of nitrogens with one attached hydrogen (secondary N) is 1. The fraction of sp³-hybridized carbons (Fsp3) is 0.611. The van der Waals surface area contributed by atoms with Gasteiger partial charge in [-0.3, -0.25) is 14.6 Å². The zero-order valence-corrected chi connectivity index (χ0v) is 15.5. The Morgan fingerprint density at radius 2 is 1.96 bits per heavy atom. The van der Waals surface area contributed by atoms with Crippen LogP contribution in [0.2, 0.25) is 5.02 Å². The SMILES string of the molecule is COCCCNC(=O)CN1CCN(C[C@@H](O)c2ccccc2Cl)CC1. The Morgan fingerprint density at radius 1 is 1.28 bits per heavy atom. The molecule has 0 radical (unpaired) electrons. The first kappa shape index (κ1) is 20.1. The van der Waals surface area contributed by atoms with Gasteiger partial charge in [0.15, 0.2) is 0 Å². The van der Waals surface area contributed by atoms with Crippen molar-refractivity contribution in [3.05, 3.63) is 34.9 Å². The summed E-state index contributed by atoms with van der Waals surface area (Å²) >= 11 is 6.14. The average Bonchev–Trinajstić information content (AvgIpc) is 2.61. The minimum Gasteiger partial charge on any atom is -0.387 e. The van der Waals surface area contributed by atoms with Crippen molar-refractivity contribution in [3.63, 3.8) is 0 Å². The average molecular weight is 370 g/mol. The summed E-state index contributed by atoms with van der Waals surface area (Å²) in [4.78, 5) is 16.2. The second kappa shape index (κ2) is 10.7. The van der Waals surface area contributed by atoms with Gasteiger partial charge < -0.3 is 15.2 Å². The number of amides is 1. The quantitative estimate of drug-likeness (QED) is 0.639. The highest BCUT2D eigenvalue weighted by atomic mass is 35.5. The molecule has 0 aromatic heterocycles. The molecule has 0 bridgehead atoms. The number of benzene rings is 1. The lowest BCUT2D eigenvalue weighted by Crippen LogP contribution is -2.50. The minimum atomic E-state index is -0.593. The van der Waals surface area contributed by atoms with Gasteiger partial charge >= 0.3 is 0 Å². The summed E-state index contributed by atoms with van der Waals surface area (Å²) < 4.78 is 4.96. The van der Waals surface area contributed by atoms with Gasteiger partial charge in [0.2, 0.25) is 5.91 Å². The monoisotopic (exact) mass is 369 g/mol. The van der Waals surface area contributed by atoms with Gasteiger partial charge in [-0.25, -0.2) is 0 Å². The van der Waals surface area contributed by atoms with E-state index in [1.807, 2.05) is 18.2 Å². The van der Waals surface area contributed by atoms with Gasteiger partial charge in [0.05, 0.1) is 12.6 Å². The zero-order valence-electron chi connectivity index (χ0n) is 14.8. The molecule has 2 N–H and O–H groups in total. The predicted molar refractivity (Wildman–Crippen MR) is 98.8 cm³/mol. The van der Waals surface area contributed by atoms with Crippen LogP contribution in [0.1, 0.15) is 18.1 Å². The van der Waals surface area contributed by atoms with Crippen LogP contribution in [-0.4, -0.2) is 80.3 Å². The molecule has 1 aliphatic rings.